The van der Waals surface area contributed by atoms with Crippen molar-refractivity contribution >= 4 is 5.91 Å². The summed E-state index contributed by atoms with van der Waals surface area (Å²) in [7, 11) is 1.66. The fraction of sp³-hybridized carbons (Fsp3) is 0.500. The maximum Gasteiger partial charge on any atom is 0.227 e. The van der Waals surface area contributed by atoms with E-state index in [0.29, 0.717) is 5.56 Å². The largest absolute Gasteiger partial charge is 0.341 e. The van der Waals surface area contributed by atoms with Gasteiger partial charge in [-0.05, 0) is 30.5 Å². The second kappa shape index (κ2) is 5.65. The SMILES string of the molecule is CN(Cc1ccc(F)c(F)c1)C(=O)C1CCCC1N. The Labute approximate surface area is 111 Å². The topological polar surface area (TPSA) is 46.3 Å². The molecular weight excluding hydrogens is 250 g/mol. The second-order valence-electron chi connectivity index (χ2n) is 5.14. The lowest BCUT2D eigenvalue weighted by Gasteiger charge is -2.23. The summed E-state index contributed by atoms with van der Waals surface area (Å²) in [6, 6.07) is 3.59. The molecule has 1 fully saturated rings. The van der Waals surface area contributed by atoms with Crippen LogP contribution in [0.3, 0.4) is 0 Å². The molecule has 0 spiro atoms. The van der Waals surface area contributed by atoms with Crippen LogP contribution in [-0.4, -0.2) is 23.9 Å². The Morgan fingerprint density at radius 2 is 2.11 bits per heavy atom. The van der Waals surface area contributed by atoms with E-state index in [2.05, 4.69) is 0 Å². The predicted molar refractivity (Wildman–Crippen MR) is 68.1 cm³/mol. The Bertz CT molecular complexity index is 479. The van der Waals surface area contributed by atoms with Crippen LogP contribution in [-0.2, 0) is 11.3 Å². The van der Waals surface area contributed by atoms with E-state index in [0.717, 1.165) is 31.4 Å². The van der Waals surface area contributed by atoms with Gasteiger partial charge in [-0.2, -0.15) is 0 Å². The maximum atomic E-state index is 13.1. The van der Waals surface area contributed by atoms with Crippen molar-refractivity contribution < 1.29 is 13.6 Å². The van der Waals surface area contributed by atoms with Gasteiger partial charge >= 0.3 is 0 Å². The number of carbonyl (C=O) groups is 1. The number of carbonyl (C=O) groups excluding carboxylic acids is 1. The number of amides is 1. The van der Waals surface area contributed by atoms with E-state index < -0.39 is 11.6 Å². The standard InChI is InChI=1S/C14H18F2N2O/c1-18(14(19)10-3-2-4-13(10)17)8-9-5-6-11(15)12(16)7-9/h5-7,10,13H,2-4,8,17H2,1H3. The van der Waals surface area contributed by atoms with E-state index in [-0.39, 0.29) is 24.4 Å². The molecule has 0 heterocycles. The van der Waals surface area contributed by atoms with Crippen LogP contribution in [0.15, 0.2) is 18.2 Å². The number of nitrogens with two attached hydrogens (primary N) is 1. The molecule has 0 saturated heterocycles. The quantitative estimate of drug-likeness (QED) is 0.912. The summed E-state index contributed by atoms with van der Waals surface area (Å²) in [4.78, 5) is 13.7. The van der Waals surface area contributed by atoms with Crippen LogP contribution in [0.5, 0.6) is 0 Å². The minimum absolute atomic E-state index is 0.0188. The molecular formula is C14H18F2N2O. The molecule has 1 amide bonds. The zero-order valence-electron chi connectivity index (χ0n) is 10.9. The summed E-state index contributed by atoms with van der Waals surface area (Å²) in [6.07, 6.45) is 2.65. The third kappa shape index (κ3) is 3.10. The van der Waals surface area contributed by atoms with Crippen molar-refractivity contribution in [3.63, 3.8) is 0 Å². The van der Waals surface area contributed by atoms with Crippen LogP contribution in [0.2, 0.25) is 0 Å². The minimum atomic E-state index is -0.893. The Hall–Kier alpha value is -1.49. The number of halogens is 2. The van der Waals surface area contributed by atoms with Crippen LogP contribution >= 0.6 is 0 Å². The number of hydrogen-bond donors (Lipinski definition) is 1. The summed E-state index contributed by atoms with van der Waals surface area (Å²) in [5.74, 6) is -1.93. The molecule has 2 atom stereocenters. The third-order valence-corrected chi connectivity index (χ3v) is 3.67. The lowest BCUT2D eigenvalue weighted by Crippen LogP contribution is -2.39. The fourth-order valence-corrected chi connectivity index (χ4v) is 2.57. The number of hydrogen-bond acceptors (Lipinski definition) is 2. The zero-order chi connectivity index (χ0) is 14.0. The van der Waals surface area contributed by atoms with Crippen molar-refractivity contribution in [1.29, 1.82) is 0 Å². The van der Waals surface area contributed by atoms with Gasteiger partial charge in [0.25, 0.3) is 0 Å². The molecule has 104 valence electrons. The van der Waals surface area contributed by atoms with Gasteiger partial charge in [-0.3, -0.25) is 4.79 Å². The van der Waals surface area contributed by atoms with Gasteiger partial charge in [0, 0.05) is 19.6 Å². The Balaban J connectivity index is 2.01. The first-order valence-electron chi connectivity index (χ1n) is 6.43. The minimum Gasteiger partial charge on any atom is -0.341 e. The smallest absolute Gasteiger partial charge is 0.227 e. The van der Waals surface area contributed by atoms with E-state index in [9.17, 15) is 13.6 Å². The van der Waals surface area contributed by atoms with Gasteiger partial charge in [-0.1, -0.05) is 12.5 Å². The average Bonchev–Trinajstić information content (AvgIpc) is 2.79. The van der Waals surface area contributed by atoms with Crippen LogP contribution in [0.4, 0.5) is 8.78 Å². The summed E-state index contributed by atoms with van der Waals surface area (Å²) in [5.41, 5.74) is 6.47. The molecule has 2 unspecified atom stereocenters. The van der Waals surface area contributed by atoms with Gasteiger partial charge in [0.1, 0.15) is 0 Å². The third-order valence-electron chi connectivity index (χ3n) is 3.67. The Kier molecular flexibility index (Phi) is 4.14. The highest BCUT2D eigenvalue weighted by Gasteiger charge is 2.32. The van der Waals surface area contributed by atoms with Crippen molar-refractivity contribution in [3.05, 3.63) is 35.4 Å². The molecule has 0 radical (unpaired) electrons. The molecule has 0 aliphatic heterocycles. The predicted octanol–water partition coefficient (Wildman–Crippen LogP) is 2.05. The number of benzene rings is 1. The molecule has 1 saturated carbocycles. The Morgan fingerprint density at radius 1 is 1.37 bits per heavy atom. The summed E-state index contributed by atoms with van der Waals surface area (Å²) in [5, 5.41) is 0. The fourth-order valence-electron chi connectivity index (χ4n) is 2.57. The highest BCUT2D eigenvalue weighted by atomic mass is 19.2. The number of rotatable bonds is 3. The monoisotopic (exact) mass is 268 g/mol. The van der Waals surface area contributed by atoms with Crippen molar-refractivity contribution in [2.45, 2.75) is 31.8 Å². The first kappa shape index (κ1) is 13.9. The highest BCUT2D eigenvalue weighted by Crippen LogP contribution is 2.26. The van der Waals surface area contributed by atoms with Crippen LogP contribution in [0, 0.1) is 17.6 Å². The molecule has 1 aliphatic carbocycles. The van der Waals surface area contributed by atoms with Crippen LogP contribution in [0.25, 0.3) is 0 Å². The van der Waals surface area contributed by atoms with E-state index in [4.69, 9.17) is 5.73 Å². The highest BCUT2D eigenvalue weighted by molar-refractivity contribution is 5.79. The lowest BCUT2D eigenvalue weighted by molar-refractivity contribution is -0.134. The van der Waals surface area contributed by atoms with Crippen molar-refractivity contribution in [2.24, 2.45) is 11.7 Å². The first-order chi connectivity index (χ1) is 8.99. The van der Waals surface area contributed by atoms with Gasteiger partial charge in [-0.15, -0.1) is 0 Å². The van der Waals surface area contributed by atoms with E-state index >= 15 is 0 Å². The van der Waals surface area contributed by atoms with Gasteiger partial charge in [-0.25, -0.2) is 8.78 Å². The van der Waals surface area contributed by atoms with E-state index in [1.54, 1.807) is 7.05 Å². The van der Waals surface area contributed by atoms with Gasteiger partial charge in [0.2, 0.25) is 5.91 Å². The van der Waals surface area contributed by atoms with Gasteiger partial charge in [0.15, 0.2) is 11.6 Å². The Morgan fingerprint density at radius 3 is 2.68 bits per heavy atom. The van der Waals surface area contributed by atoms with Crippen molar-refractivity contribution in [3.8, 4) is 0 Å². The first-order valence-corrected chi connectivity index (χ1v) is 6.43. The zero-order valence-corrected chi connectivity index (χ0v) is 10.9. The van der Waals surface area contributed by atoms with E-state index in [1.807, 2.05) is 0 Å². The molecule has 1 aromatic carbocycles. The molecule has 19 heavy (non-hydrogen) atoms. The second-order valence-corrected chi connectivity index (χ2v) is 5.14. The molecule has 1 aliphatic rings. The lowest BCUT2D eigenvalue weighted by atomic mass is 10.0. The molecule has 5 heteroatoms. The van der Waals surface area contributed by atoms with Crippen LogP contribution < -0.4 is 5.73 Å². The molecule has 0 bridgehead atoms. The molecule has 0 aromatic heterocycles. The van der Waals surface area contributed by atoms with Gasteiger partial charge < -0.3 is 10.6 Å². The molecule has 2 rings (SSSR count). The summed E-state index contributed by atoms with van der Waals surface area (Å²) in [6.45, 7) is 0.263. The maximum absolute atomic E-state index is 13.1. The summed E-state index contributed by atoms with van der Waals surface area (Å²) < 4.78 is 25.9. The number of nitrogens with zero attached hydrogens (tertiary/aromatic N) is 1. The van der Waals surface area contributed by atoms with Crippen molar-refractivity contribution in [2.75, 3.05) is 7.05 Å². The van der Waals surface area contributed by atoms with Crippen molar-refractivity contribution in [1.82, 2.24) is 4.90 Å². The normalized spacial score (nSPS) is 22.5. The summed E-state index contributed by atoms with van der Waals surface area (Å²) >= 11 is 0. The van der Waals surface area contributed by atoms with E-state index in [1.165, 1.54) is 11.0 Å². The van der Waals surface area contributed by atoms with Gasteiger partial charge in [0.05, 0.1) is 5.92 Å². The van der Waals surface area contributed by atoms with Crippen LogP contribution in [0.1, 0.15) is 24.8 Å². The average molecular weight is 268 g/mol. The molecule has 1 aromatic rings. The molecule has 3 nitrogen and oxygen atoms in total. The molecule has 2 N–H and O–H groups in total.